The molecule has 0 aliphatic heterocycles. The predicted octanol–water partition coefficient (Wildman–Crippen LogP) is 9.46. The summed E-state index contributed by atoms with van der Waals surface area (Å²) in [6.07, 6.45) is 0. The summed E-state index contributed by atoms with van der Waals surface area (Å²) in [5, 5.41) is 0. The van der Waals surface area contributed by atoms with Crippen LogP contribution < -0.4 is 20.9 Å². The van der Waals surface area contributed by atoms with E-state index in [-0.39, 0.29) is 0 Å². The van der Waals surface area contributed by atoms with Crippen LogP contribution in [-0.4, -0.2) is 7.59 Å². The molecule has 0 fully saturated rings. The largest absolute Gasteiger partial charge is 0.457 e. The zero-order valence-electron chi connectivity index (χ0n) is 19.0. The third kappa shape index (κ3) is 5.96. The highest BCUT2D eigenvalue weighted by Gasteiger charge is 2.63. The summed E-state index contributed by atoms with van der Waals surface area (Å²) < 4.78 is 7.61. The van der Waals surface area contributed by atoms with Crippen molar-refractivity contribution in [1.29, 1.82) is 0 Å². The summed E-state index contributed by atoms with van der Waals surface area (Å²) >= 11 is 39.4. The Labute approximate surface area is 244 Å². The van der Waals surface area contributed by atoms with Crippen LogP contribution >= 0.6 is 69.6 Å². The summed E-state index contributed by atoms with van der Waals surface area (Å²) in [7, 11) is 0. The lowest BCUT2D eigenvalue weighted by Crippen LogP contribution is -2.51. The molecule has 0 unspecified atom stereocenters. The van der Waals surface area contributed by atoms with Gasteiger partial charge in [0.25, 0.3) is 0 Å². The van der Waals surface area contributed by atoms with E-state index >= 15 is 0 Å². The highest BCUT2D eigenvalue weighted by Crippen LogP contribution is 2.62. The van der Waals surface area contributed by atoms with Gasteiger partial charge in [-0.3, -0.25) is 0 Å². The van der Waals surface area contributed by atoms with Gasteiger partial charge in [0.2, 0.25) is 7.59 Å². The smallest absolute Gasteiger partial charge is 0.208 e. The summed E-state index contributed by atoms with van der Waals surface area (Å²) in [5.74, 6) is 2.27. The molecule has 37 heavy (non-hydrogen) atoms. The topological polar surface area (TPSA) is 70.5 Å². The van der Waals surface area contributed by atoms with Crippen LogP contribution in [0.15, 0.2) is 97.1 Å². The Morgan fingerprint density at radius 1 is 0.405 bits per heavy atom. The lowest BCUT2D eigenvalue weighted by molar-refractivity contribution is 0.478. The van der Waals surface area contributed by atoms with E-state index in [4.69, 9.17) is 90.5 Å². The number of hydrogen-bond acceptors (Lipinski definition) is 4. The van der Waals surface area contributed by atoms with Crippen molar-refractivity contribution in [2.45, 2.75) is 13.0 Å². The first kappa shape index (κ1) is 27.8. The Hall–Kier alpha value is -2.18. The fourth-order valence-corrected chi connectivity index (χ4v) is 6.47. The minimum Gasteiger partial charge on any atom is -0.457 e. The van der Waals surface area contributed by atoms with E-state index in [0.29, 0.717) is 45.5 Å². The molecule has 4 nitrogen and oxygen atoms in total. The molecular formula is C27H20Cl6N2O2. The molecule has 0 saturated carbocycles. The van der Waals surface area contributed by atoms with Gasteiger partial charge in [-0.15, -0.1) is 0 Å². The maximum Gasteiger partial charge on any atom is 0.208 e. The molecule has 0 atom stereocenters. The number of anilines is 2. The van der Waals surface area contributed by atoms with Crippen LogP contribution in [0, 0.1) is 0 Å². The normalized spacial score (nSPS) is 12.3. The number of alkyl halides is 6. The SMILES string of the molecule is Nc1ccc(Oc2ccc(C(c3ccc(Oc4ccc(N)cc4)cc3)(C(Cl)(Cl)Cl)C(Cl)(Cl)Cl)cc2)cc1. The second kappa shape index (κ2) is 10.9. The third-order valence-electron chi connectivity index (χ3n) is 5.66. The predicted molar refractivity (Wildman–Crippen MR) is 156 cm³/mol. The average Bonchev–Trinajstić information content (AvgIpc) is 2.83. The van der Waals surface area contributed by atoms with Crippen LogP contribution in [0.1, 0.15) is 11.1 Å². The van der Waals surface area contributed by atoms with Gasteiger partial charge >= 0.3 is 0 Å². The van der Waals surface area contributed by atoms with Crippen LogP contribution in [0.25, 0.3) is 0 Å². The van der Waals surface area contributed by atoms with E-state index in [1.54, 1.807) is 97.1 Å². The number of benzene rings is 4. The summed E-state index contributed by atoms with van der Waals surface area (Å²) in [6.45, 7) is 0. The van der Waals surface area contributed by atoms with Gasteiger partial charge in [-0.2, -0.15) is 0 Å². The summed E-state index contributed by atoms with van der Waals surface area (Å²) in [4.78, 5) is 0. The van der Waals surface area contributed by atoms with Crippen LogP contribution in [-0.2, 0) is 5.41 Å². The highest BCUT2D eigenvalue weighted by molar-refractivity contribution is 6.74. The fourth-order valence-electron chi connectivity index (χ4n) is 3.87. The first-order valence-electron chi connectivity index (χ1n) is 10.8. The van der Waals surface area contributed by atoms with Gasteiger partial charge in [0.15, 0.2) is 0 Å². The molecule has 0 spiro atoms. The minimum atomic E-state index is -2.07. The molecule has 4 rings (SSSR count). The zero-order valence-corrected chi connectivity index (χ0v) is 23.5. The number of ether oxygens (including phenoxy) is 2. The molecule has 0 aliphatic carbocycles. The summed E-state index contributed by atoms with van der Waals surface area (Å²) in [6, 6.07) is 27.5. The number of hydrogen-bond donors (Lipinski definition) is 2. The average molecular weight is 617 g/mol. The highest BCUT2D eigenvalue weighted by atomic mass is 35.6. The molecule has 4 N–H and O–H groups in total. The standard InChI is InChI=1S/C27H20Cl6N2O2/c28-26(29,30)25(27(31,32)33,17-1-9-21(10-2-17)36-23-13-5-19(34)6-14-23)18-3-11-22(12-4-18)37-24-15-7-20(35)8-16-24/h1-16H,34-35H2. The lowest BCUT2D eigenvalue weighted by Gasteiger charge is -2.45. The van der Waals surface area contributed by atoms with Crippen LogP contribution in [0.3, 0.4) is 0 Å². The van der Waals surface area contributed by atoms with E-state index in [1.807, 2.05) is 0 Å². The fraction of sp³-hybridized carbons (Fsp3) is 0.111. The second-order valence-corrected chi connectivity index (χ2v) is 12.7. The molecule has 10 heteroatoms. The molecule has 0 radical (unpaired) electrons. The van der Waals surface area contributed by atoms with Crippen molar-refractivity contribution in [3.63, 3.8) is 0 Å². The monoisotopic (exact) mass is 614 g/mol. The third-order valence-corrected chi connectivity index (χ3v) is 7.36. The van der Waals surface area contributed by atoms with Crippen LogP contribution in [0.4, 0.5) is 11.4 Å². The van der Waals surface area contributed by atoms with Gasteiger partial charge in [0, 0.05) is 11.4 Å². The van der Waals surface area contributed by atoms with Gasteiger partial charge in [0.1, 0.15) is 28.4 Å². The maximum atomic E-state index is 6.57. The number of nitrogen functional groups attached to an aromatic ring is 2. The van der Waals surface area contributed by atoms with Gasteiger partial charge in [-0.1, -0.05) is 93.9 Å². The van der Waals surface area contributed by atoms with Crippen molar-refractivity contribution >= 4 is 81.0 Å². The first-order valence-corrected chi connectivity index (χ1v) is 13.1. The molecule has 4 aromatic rings. The van der Waals surface area contributed by atoms with Crippen molar-refractivity contribution in [3.05, 3.63) is 108 Å². The molecule has 0 aromatic heterocycles. The maximum absolute atomic E-state index is 6.57. The van der Waals surface area contributed by atoms with Crippen molar-refractivity contribution in [2.75, 3.05) is 11.5 Å². The van der Waals surface area contributed by atoms with Crippen molar-refractivity contribution in [2.24, 2.45) is 0 Å². The zero-order chi connectivity index (χ0) is 26.8. The second-order valence-electron chi connectivity index (χ2n) is 8.14. The number of halogens is 6. The Morgan fingerprint density at radius 3 is 0.892 bits per heavy atom. The molecule has 4 aromatic carbocycles. The molecule has 0 heterocycles. The number of nitrogens with two attached hydrogens (primary N) is 2. The van der Waals surface area contributed by atoms with E-state index in [1.165, 1.54) is 0 Å². The van der Waals surface area contributed by atoms with Gasteiger partial charge in [0.05, 0.1) is 0 Å². The van der Waals surface area contributed by atoms with Gasteiger partial charge in [-0.05, 0) is 83.9 Å². The molecular weight excluding hydrogens is 597 g/mol. The lowest BCUT2D eigenvalue weighted by atomic mass is 9.76. The van der Waals surface area contributed by atoms with Crippen LogP contribution in [0.2, 0.25) is 0 Å². The van der Waals surface area contributed by atoms with E-state index < -0.39 is 13.0 Å². The molecule has 0 amide bonds. The van der Waals surface area contributed by atoms with Crippen molar-refractivity contribution < 1.29 is 9.47 Å². The Kier molecular flexibility index (Phi) is 8.20. The van der Waals surface area contributed by atoms with Crippen molar-refractivity contribution in [1.82, 2.24) is 0 Å². The van der Waals surface area contributed by atoms with Gasteiger partial charge < -0.3 is 20.9 Å². The Balaban J connectivity index is 1.71. The first-order chi connectivity index (χ1) is 17.4. The van der Waals surface area contributed by atoms with Gasteiger partial charge in [-0.25, -0.2) is 0 Å². The quantitative estimate of drug-likeness (QED) is 0.167. The number of rotatable bonds is 6. The van der Waals surface area contributed by atoms with Crippen LogP contribution in [0.5, 0.6) is 23.0 Å². The van der Waals surface area contributed by atoms with E-state index in [0.717, 1.165) is 0 Å². The molecule has 0 aliphatic rings. The molecule has 0 saturated heterocycles. The van der Waals surface area contributed by atoms with E-state index in [9.17, 15) is 0 Å². The molecule has 0 bridgehead atoms. The van der Waals surface area contributed by atoms with Crippen molar-refractivity contribution in [3.8, 4) is 23.0 Å². The minimum absolute atomic E-state index is 0.448. The summed E-state index contributed by atoms with van der Waals surface area (Å²) in [5.41, 5.74) is 11.9. The van der Waals surface area contributed by atoms with E-state index in [2.05, 4.69) is 0 Å². The molecule has 192 valence electrons. The Morgan fingerprint density at radius 2 is 0.649 bits per heavy atom. The Bertz CT molecular complexity index is 1230.